The van der Waals surface area contributed by atoms with Crippen molar-refractivity contribution in [2.75, 3.05) is 19.8 Å². The van der Waals surface area contributed by atoms with Crippen LogP contribution >= 0.6 is 0 Å². The number of nitrogens with one attached hydrogen (secondary N) is 1. The molecular formula is C10H14N2O. The van der Waals surface area contributed by atoms with Gasteiger partial charge in [0.2, 0.25) is 0 Å². The average molecular weight is 178 g/mol. The van der Waals surface area contributed by atoms with E-state index in [1.54, 1.807) is 0 Å². The molecule has 1 fully saturated rings. The highest BCUT2D eigenvalue weighted by molar-refractivity contribution is 5.22. The summed E-state index contributed by atoms with van der Waals surface area (Å²) in [6.45, 7) is 3.87. The molecule has 1 aromatic rings. The standard InChI is InChI=1S/C10H14N2O/c1-2-9-10(3-7-13-8-10)11-4-6-12(9)5-1/h1-2,5,11H,3-4,6-8H2/t10-/m1/s1. The molecule has 3 heteroatoms. The lowest BCUT2D eigenvalue weighted by Crippen LogP contribution is -2.49. The summed E-state index contributed by atoms with van der Waals surface area (Å²) >= 11 is 0. The van der Waals surface area contributed by atoms with E-state index in [0.29, 0.717) is 0 Å². The van der Waals surface area contributed by atoms with E-state index in [1.807, 2.05) is 0 Å². The molecule has 13 heavy (non-hydrogen) atoms. The van der Waals surface area contributed by atoms with Crippen LogP contribution in [0.3, 0.4) is 0 Å². The Hall–Kier alpha value is -0.800. The third-order valence-electron chi connectivity index (χ3n) is 3.16. The Kier molecular flexibility index (Phi) is 1.51. The highest BCUT2D eigenvalue weighted by atomic mass is 16.5. The monoisotopic (exact) mass is 178 g/mol. The molecule has 0 saturated carbocycles. The van der Waals surface area contributed by atoms with E-state index in [0.717, 1.165) is 32.7 Å². The zero-order valence-electron chi connectivity index (χ0n) is 7.62. The summed E-state index contributed by atoms with van der Waals surface area (Å²) in [6, 6.07) is 4.34. The van der Waals surface area contributed by atoms with E-state index in [4.69, 9.17) is 4.74 Å². The molecule has 1 saturated heterocycles. The second kappa shape index (κ2) is 2.59. The second-order valence-corrected chi connectivity index (χ2v) is 3.90. The van der Waals surface area contributed by atoms with Crippen molar-refractivity contribution < 1.29 is 4.74 Å². The van der Waals surface area contributed by atoms with Gasteiger partial charge in [0.25, 0.3) is 0 Å². The number of nitrogens with zero attached hydrogens (tertiary/aromatic N) is 1. The van der Waals surface area contributed by atoms with Crippen molar-refractivity contribution in [3.05, 3.63) is 24.0 Å². The zero-order valence-corrected chi connectivity index (χ0v) is 7.62. The maximum absolute atomic E-state index is 5.49. The quantitative estimate of drug-likeness (QED) is 0.633. The van der Waals surface area contributed by atoms with Crippen molar-refractivity contribution in [2.24, 2.45) is 0 Å². The largest absolute Gasteiger partial charge is 0.379 e. The summed E-state index contributed by atoms with van der Waals surface area (Å²) in [7, 11) is 0. The van der Waals surface area contributed by atoms with Crippen molar-refractivity contribution in [3.63, 3.8) is 0 Å². The smallest absolute Gasteiger partial charge is 0.0847 e. The predicted molar refractivity (Wildman–Crippen MR) is 49.5 cm³/mol. The average Bonchev–Trinajstić information content (AvgIpc) is 2.74. The number of ether oxygens (including phenoxy) is 1. The van der Waals surface area contributed by atoms with Gasteiger partial charge in [0.15, 0.2) is 0 Å². The highest BCUT2D eigenvalue weighted by Gasteiger charge is 2.40. The molecule has 3 rings (SSSR count). The van der Waals surface area contributed by atoms with Crippen LogP contribution < -0.4 is 5.32 Å². The van der Waals surface area contributed by atoms with Gasteiger partial charge in [-0.25, -0.2) is 0 Å². The first-order valence-electron chi connectivity index (χ1n) is 4.89. The van der Waals surface area contributed by atoms with Crippen LogP contribution in [0.15, 0.2) is 18.3 Å². The first kappa shape index (κ1) is 7.59. The molecule has 70 valence electrons. The van der Waals surface area contributed by atoms with Crippen LogP contribution in [-0.2, 0) is 16.8 Å². The van der Waals surface area contributed by atoms with E-state index in [2.05, 4.69) is 28.2 Å². The molecule has 0 aromatic carbocycles. The molecule has 1 N–H and O–H groups in total. The topological polar surface area (TPSA) is 26.2 Å². The molecule has 1 spiro atoms. The van der Waals surface area contributed by atoms with Gasteiger partial charge in [0.05, 0.1) is 12.1 Å². The zero-order chi connectivity index (χ0) is 8.73. The Bertz CT molecular complexity index is 312. The Balaban J connectivity index is 2.08. The van der Waals surface area contributed by atoms with E-state index in [9.17, 15) is 0 Å². The van der Waals surface area contributed by atoms with Crippen molar-refractivity contribution in [2.45, 2.75) is 18.5 Å². The summed E-state index contributed by atoms with van der Waals surface area (Å²) in [5.41, 5.74) is 1.53. The third-order valence-corrected chi connectivity index (χ3v) is 3.16. The number of rotatable bonds is 0. The minimum Gasteiger partial charge on any atom is -0.379 e. The van der Waals surface area contributed by atoms with E-state index in [1.165, 1.54) is 5.69 Å². The van der Waals surface area contributed by atoms with Gasteiger partial charge in [0.1, 0.15) is 0 Å². The number of aromatic nitrogens is 1. The fourth-order valence-electron chi connectivity index (χ4n) is 2.46. The number of hydrogen-bond donors (Lipinski definition) is 1. The summed E-state index contributed by atoms with van der Waals surface area (Å²) in [5, 5.41) is 3.59. The van der Waals surface area contributed by atoms with Gasteiger partial charge in [-0.1, -0.05) is 0 Å². The molecule has 0 bridgehead atoms. The summed E-state index contributed by atoms with van der Waals surface area (Å²) in [5.74, 6) is 0. The van der Waals surface area contributed by atoms with Crippen LogP contribution in [0.5, 0.6) is 0 Å². The molecular weight excluding hydrogens is 164 g/mol. The molecule has 3 nitrogen and oxygen atoms in total. The lowest BCUT2D eigenvalue weighted by molar-refractivity contribution is 0.157. The van der Waals surface area contributed by atoms with E-state index >= 15 is 0 Å². The maximum Gasteiger partial charge on any atom is 0.0847 e. The summed E-state index contributed by atoms with van der Waals surface area (Å²) < 4.78 is 7.83. The van der Waals surface area contributed by atoms with Crippen molar-refractivity contribution in [3.8, 4) is 0 Å². The van der Waals surface area contributed by atoms with Crippen LogP contribution in [-0.4, -0.2) is 24.3 Å². The third kappa shape index (κ3) is 0.974. The molecule has 2 aliphatic heterocycles. The van der Waals surface area contributed by atoms with Crippen LogP contribution in [0.1, 0.15) is 12.1 Å². The molecule has 0 aliphatic carbocycles. The maximum atomic E-state index is 5.49. The molecule has 0 unspecified atom stereocenters. The first-order valence-corrected chi connectivity index (χ1v) is 4.89. The van der Waals surface area contributed by atoms with E-state index in [-0.39, 0.29) is 5.54 Å². The highest BCUT2D eigenvalue weighted by Crippen LogP contribution is 2.32. The fourth-order valence-corrected chi connectivity index (χ4v) is 2.46. The lowest BCUT2D eigenvalue weighted by Gasteiger charge is -2.34. The Morgan fingerprint density at radius 2 is 2.54 bits per heavy atom. The minimum absolute atomic E-state index is 0.127. The Labute approximate surface area is 77.7 Å². The normalized spacial score (nSPS) is 32.3. The minimum atomic E-state index is 0.127. The fraction of sp³-hybridized carbons (Fsp3) is 0.600. The van der Waals surface area contributed by atoms with Gasteiger partial charge < -0.3 is 14.6 Å². The molecule has 1 atom stereocenters. The van der Waals surface area contributed by atoms with Crippen molar-refractivity contribution >= 4 is 0 Å². The van der Waals surface area contributed by atoms with Crippen LogP contribution in [0.4, 0.5) is 0 Å². The summed E-state index contributed by atoms with van der Waals surface area (Å²) in [6.07, 6.45) is 3.27. The van der Waals surface area contributed by atoms with Crippen LogP contribution in [0.25, 0.3) is 0 Å². The van der Waals surface area contributed by atoms with Crippen molar-refractivity contribution in [1.29, 1.82) is 0 Å². The van der Waals surface area contributed by atoms with Gasteiger partial charge in [-0.05, 0) is 18.6 Å². The molecule has 0 radical (unpaired) electrons. The second-order valence-electron chi connectivity index (χ2n) is 3.90. The lowest BCUT2D eigenvalue weighted by atomic mass is 9.93. The Morgan fingerprint density at radius 3 is 3.38 bits per heavy atom. The van der Waals surface area contributed by atoms with Gasteiger partial charge >= 0.3 is 0 Å². The Morgan fingerprint density at radius 1 is 1.54 bits per heavy atom. The molecule has 3 heterocycles. The van der Waals surface area contributed by atoms with Crippen molar-refractivity contribution in [1.82, 2.24) is 9.88 Å². The predicted octanol–water partition coefficient (Wildman–Crippen LogP) is 0.707. The molecule has 2 aliphatic rings. The number of hydrogen-bond acceptors (Lipinski definition) is 2. The van der Waals surface area contributed by atoms with Gasteiger partial charge in [-0.2, -0.15) is 0 Å². The van der Waals surface area contributed by atoms with Gasteiger partial charge in [0, 0.05) is 31.6 Å². The number of fused-ring (bicyclic) bond motifs is 2. The molecule has 1 aromatic heterocycles. The summed E-state index contributed by atoms with van der Waals surface area (Å²) in [4.78, 5) is 0. The van der Waals surface area contributed by atoms with Crippen LogP contribution in [0, 0.1) is 0 Å². The van der Waals surface area contributed by atoms with E-state index < -0.39 is 0 Å². The van der Waals surface area contributed by atoms with Gasteiger partial charge in [-0.3, -0.25) is 0 Å². The SMILES string of the molecule is c1cc2n(c1)CCN[C@@]21CCOC1. The first-order chi connectivity index (χ1) is 6.41. The molecule has 0 amide bonds. The van der Waals surface area contributed by atoms with Crippen LogP contribution in [0.2, 0.25) is 0 Å². The van der Waals surface area contributed by atoms with Gasteiger partial charge in [-0.15, -0.1) is 0 Å².